The molecule has 1 atom stereocenters. The molecule has 83 heavy (non-hydrogen) atoms. The molecule has 472 valence electrons. The van der Waals surface area contributed by atoms with E-state index >= 15 is 0 Å². The fourth-order valence-electron chi connectivity index (χ4n) is 9.43. The van der Waals surface area contributed by atoms with Crippen molar-refractivity contribution in [1.82, 2.24) is 0 Å². The number of unbranched alkanes of at least 4 members (excludes halogenated alkanes) is 29. The Morgan fingerprint density at radius 2 is 0.470 bits per heavy atom. The molecule has 0 N–H and O–H groups in total. The van der Waals surface area contributed by atoms with Crippen LogP contribution in [0.5, 0.6) is 0 Å². The van der Waals surface area contributed by atoms with Gasteiger partial charge in [0.25, 0.3) is 0 Å². The Bertz CT molecular complexity index is 1750. The number of hydrogen-bond donors (Lipinski definition) is 0. The average Bonchev–Trinajstić information content (AvgIpc) is 3.49. The monoisotopic (exact) mass is 1150 g/mol. The van der Waals surface area contributed by atoms with Crippen LogP contribution >= 0.6 is 0 Å². The molecular weight excluding hydrogens is 1020 g/mol. The molecule has 0 radical (unpaired) electrons. The van der Waals surface area contributed by atoms with E-state index in [1.807, 2.05) is 0 Å². The number of carbonyl (C=O) groups excluding carboxylic acids is 3. The van der Waals surface area contributed by atoms with Gasteiger partial charge in [-0.3, -0.25) is 14.4 Å². The highest BCUT2D eigenvalue weighted by atomic mass is 16.6. The largest absolute Gasteiger partial charge is 0.462 e. The van der Waals surface area contributed by atoms with Gasteiger partial charge in [-0.05, 0) is 141 Å². The maximum atomic E-state index is 12.9. The van der Waals surface area contributed by atoms with Crippen LogP contribution in [0.1, 0.15) is 316 Å². The minimum absolute atomic E-state index is 0.0945. The van der Waals surface area contributed by atoms with Gasteiger partial charge in [0.1, 0.15) is 13.2 Å². The summed E-state index contributed by atoms with van der Waals surface area (Å²) in [6.07, 6.45) is 98.9. The van der Waals surface area contributed by atoms with Crippen molar-refractivity contribution in [1.29, 1.82) is 0 Å². The van der Waals surface area contributed by atoms with Gasteiger partial charge < -0.3 is 14.2 Å². The summed E-state index contributed by atoms with van der Waals surface area (Å²) in [5.41, 5.74) is 0. The van der Waals surface area contributed by atoms with Crippen molar-refractivity contribution in [3.05, 3.63) is 134 Å². The van der Waals surface area contributed by atoms with Gasteiger partial charge in [-0.15, -0.1) is 0 Å². The minimum Gasteiger partial charge on any atom is -0.462 e. The van der Waals surface area contributed by atoms with Gasteiger partial charge in [0.05, 0.1) is 0 Å². The molecule has 1 unspecified atom stereocenters. The highest BCUT2D eigenvalue weighted by Gasteiger charge is 2.19. The molecule has 0 aromatic heterocycles. The maximum Gasteiger partial charge on any atom is 0.306 e. The highest BCUT2D eigenvalue weighted by molar-refractivity contribution is 5.71. The summed E-state index contributed by atoms with van der Waals surface area (Å²) in [6, 6.07) is 0. The second-order valence-electron chi connectivity index (χ2n) is 22.7. The van der Waals surface area contributed by atoms with Crippen LogP contribution in [-0.4, -0.2) is 37.2 Å². The van der Waals surface area contributed by atoms with Crippen LogP contribution in [0.3, 0.4) is 0 Å². The molecule has 0 saturated heterocycles. The minimum atomic E-state index is -0.802. The highest BCUT2D eigenvalue weighted by Crippen LogP contribution is 2.15. The molecule has 0 fully saturated rings. The lowest BCUT2D eigenvalue weighted by Crippen LogP contribution is -2.30. The molecule has 0 aromatic carbocycles. The van der Waals surface area contributed by atoms with Crippen LogP contribution < -0.4 is 0 Å². The number of allylic oxidation sites excluding steroid dienone is 22. The molecule has 0 aromatic rings. The van der Waals surface area contributed by atoms with Gasteiger partial charge in [-0.2, -0.15) is 0 Å². The summed E-state index contributed by atoms with van der Waals surface area (Å²) in [7, 11) is 0. The summed E-state index contributed by atoms with van der Waals surface area (Å²) in [4.78, 5) is 38.4. The van der Waals surface area contributed by atoms with E-state index < -0.39 is 6.10 Å². The van der Waals surface area contributed by atoms with Crippen molar-refractivity contribution in [3.63, 3.8) is 0 Å². The van der Waals surface area contributed by atoms with Crippen LogP contribution in [0.4, 0.5) is 0 Å². The molecule has 0 amide bonds. The predicted octanol–water partition coefficient (Wildman–Crippen LogP) is 24.1. The number of carbonyl (C=O) groups is 3. The third kappa shape index (κ3) is 68.2. The summed E-state index contributed by atoms with van der Waals surface area (Å²) in [5.74, 6) is -0.930. The molecule has 0 saturated carbocycles. The molecule has 0 bridgehead atoms. The van der Waals surface area contributed by atoms with Crippen molar-refractivity contribution in [2.75, 3.05) is 13.2 Å². The number of esters is 3. The van der Waals surface area contributed by atoms with E-state index in [9.17, 15) is 14.4 Å². The van der Waals surface area contributed by atoms with E-state index in [0.717, 1.165) is 122 Å². The molecule has 6 nitrogen and oxygen atoms in total. The standard InChI is InChI=1S/C77H128O6/c1-4-7-10-13-16-19-22-25-28-31-32-33-34-35-36-37-38-39-40-41-42-43-44-47-49-52-55-58-61-64-67-70-76(79)82-73-74(83-77(80)71-68-65-62-59-56-53-50-46-30-27-24-21-18-15-12-9-6-3)72-81-75(78)69-66-63-60-57-54-51-48-45-29-26-23-20-17-14-11-8-5-2/h7,10,16,19,25-30,32-33,35-36,38-39,41-42,44,47,52,55,74H,4-6,8-9,11-15,17-18,20-24,31,34,37,40,43,45-46,48-51,53-54,56-73H2,1-3H3/b10-7-,19-16-,28-25-,29-26-,30-27-,33-32-,36-35-,39-38-,42-41-,47-44-,55-52-. The quantitative estimate of drug-likeness (QED) is 0.0261. The van der Waals surface area contributed by atoms with Crippen LogP contribution in [0, 0.1) is 0 Å². The van der Waals surface area contributed by atoms with E-state index in [0.29, 0.717) is 19.3 Å². The maximum absolute atomic E-state index is 12.9. The first-order chi connectivity index (χ1) is 41.0. The first-order valence-electron chi connectivity index (χ1n) is 34.7. The van der Waals surface area contributed by atoms with E-state index in [1.165, 1.54) is 154 Å². The van der Waals surface area contributed by atoms with Gasteiger partial charge in [0, 0.05) is 19.3 Å². The average molecular weight is 1150 g/mol. The van der Waals surface area contributed by atoms with Crippen molar-refractivity contribution < 1.29 is 28.6 Å². The lowest BCUT2D eigenvalue weighted by molar-refractivity contribution is -0.167. The lowest BCUT2D eigenvalue weighted by atomic mass is 10.1. The number of rotatable bonds is 62. The summed E-state index contributed by atoms with van der Waals surface area (Å²) >= 11 is 0. The van der Waals surface area contributed by atoms with Crippen molar-refractivity contribution in [3.8, 4) is 0 Å². The fourth-order valence-corrected chi connectivity index (χ4v) is 9.43. The van der Waals surface area contributed by atoms with Crippen molar-refractivity contribution >= 4 is 17.9 Å². The zero-order valence-electron chi connectivity index (χ0n) is 54.2. The van der Waals surface area contributed by atoms with Crippen molar-refractivity contribution in [2.45, 2.75) is 322 Å². The summed E-state index contributed by atoms with van der Waals surface area (Å²) in [5, 5.41) is 0. The summed E-state index contributed by atoms with van der Waals surface area (Å²) in [6.45, 7) is 6.51. The van der Waals surface area contributed by atoms with Gasteiger partial charge in [-0.1, -0.05) is 289 Å². The topological polar surface area (TPSA) is 78.9 Å². The lowest BCUT2D eigenvalue weighted by Gasteiger charge is -2.18. The van der Waals surface area contributed by atoms with Gasteiger partial charge in [0.2, 0.25) is 0 Å². The second-order valence-corrected chi connectivity index (χ2v) is 22.7. The Kier molecular flexibility index (Phi) is 66.3. The first-order valence-corrected chi connectivity index (χ1v) is 34.7. The van der Waals surface area contributed by atoms with Crippen LogP contribution in [0.15, 0.2) is 134 Å². The Labute approximate surface area is 513 Å². The van der Waals surface area contributed by atoms with Gasteiger partial charge >= 0.3 is 17.9 Å². The van der Waals surface area contributed by atoms with E-state index in [2.05, 4.69) is 154 Å². The Morgan fingerprint density at radius 1 is 0.253 bits per heavy atom. The molecule has 0 aliphatic heterocycles. The normalized spacial score (nSPS) is 13.0. The molecule has 0 rings (SSSR count). The number of hydrogen-bond acceptors (Lipinski definition) is 6. The van der Waals surface area contributed by atoms with Crippen LogP contribution in [0.25, 0.3) is 0 Å². The summed E-state index contributed by atoms with van der Waals surface area (Å²) < 4.78 is 16.9. The fraction of sp³-hybridized carbons (Fsp3) is 0.675. The zero-order valence-corrected chi connectivity index (χ0v) is 54.2. The Hall–Kier alpha value is -4.45. The molecule has 0 heterocycles. The Morgan fingerprint density at radius 3 is 0.759 bits per heavy atom. The SMILES string of the molecule is CC/C=C\C/C=C\C/C=C\C/C=C\C/C=C\C/C=C\C/C=C\C/C=C\C/C=C\CCCCCC(=O)OCC(COC(=O)CCCCCCCCC/C=C\CCCCCCCC)OC(=O)CCCCCCCCC/C=C\CCCCCCCC. The first kappa shape index (κ1) is 78.5. The number of ether oxygens (including phenoxy) is 3. The van der Waals surface area contributed by atoms with E-state index in [4.69, 9.17) is 14.2 Å². The van der Waals surface area contributed by atoms with Gasteiger partial charge in [-0.25, -0.2) is 0 Å². The molecule has 0 spiro atoms. The van der Waals surface area contributed by atoms with Crippen molar-refractivity contribution in [2.24, 2.45) is 0 Å². The smallest absolute Gasteiger partial charge is 0.306 e. The Balaban J connectivity index is 4.42. The third-order valence-corrected chi connectivity index (χ3v) is 14.6. The van der Waals surface area contributed by atoms with Crippen LogP contribution in [0.2, 0.25) is 0 Å². The molecular formula is C77H128O6. The zero-order chi connectivity index (χ0) is 59.9. The van der Waals surface area contributed by atoms with E-state index in [-0.39, 0.29) is 31.1 Å². The van der Waals surface area contributed by atoms with Gasteiger partial charge in [0.15, 0.2) is 6.10 Å². The second kappa shape index (κ2) is 70.0. The molecule has 0 aliphatic carbocycles. The molecule has 6 heteroatoms. The van der Waals surface area contributed by atoms with E-state index in [1.54, 1.807) is 0 Å². The third-order valence-electron chi connectivity index (χ3n) is 14.6. The van der Waals surface area contributed by atoms with Crippen LogP contribution in [-0.2, 0) is 28.6 Å². The predicted molar refractivity (Wildman–Crippen MR) is 362 cm³/mol. The molecule has 0 aliphatic rings.